The SMILES string of the molecule is O=Cc1cccc2nc(-c3ccsc3)ccc12. The molecule has 17 heavy (non-hydrogen) atoms. The predicted molar refractivity (Wildman–Crippen MR) is 70.4 cm³/mol. The average molecular weight is 239 g/mol. The van der Waals surface area contributed by atoms with E-state index in [0.717, 1.165) is 28.4 Å². The number of hydrogen-bond acceptors (Lipinski definition) is 3. The first-order chi connectivity index (χ1) is 8.38. The van der Waals surface area contributed by atoms with Gasteiger partial charge in [0.15, 0.2) is 6.29 Å². The number of carbonyl (C=O) groups excluding carboxylic acids is 1. The Balaban J connectivity index is 2.24. The second-order valence-electron chi connectivity index (χ2n) is 3.74. The van der Waals surface area contributed by atoms with E-state index in [1.165, 1.54) is 0 Å². The summed E-state index contributed by atoms with van der Waals surface area (Å²) >= 11 is 1.65. The van der Waals surface area contributed by atoms with Crippen LogP contribution in [0.4, 0.5) is 0 Å². The minimum absolute atomic E-state index is 0.687. The zero-order valence-corrected chi connectivity index (χ0v) is 9.78. The third-order valence-electron chi connectivity index (χ3n) is 2.71. The fraction of sp³-hybridized carbons (Fsp3) is 0. The lowest BCUT2D eigenvalue weighted by molar-refractivity contribution is 0.112. The molecular weight excluding hydrogens is 230 g/mol. The van der Waals surface area contributed by atoms with Gasteiger partial charge in [-0.2, -0.15) is 11.3 Å². The Morgan fingerprint density at radius 2 is 2.06 bits per heavy atom. The molecule has 1 aromatic carbocycles. The van der Waals surface area contributed by atoms with E-state index in [0.29, 0.717) is 5.56 Å². The Hall–Kier alpha value is -2.00. The lowest BCUT2D eigenvalue weighted by Crippen LogP contribution is -1.87. The standard InChI is InChI=1S/C14H9NOS/c16-8-10-2-1-3-14-12(10)4-5-13(15-14)11-6-7-17-9-11/h1-9H. The van der Waals surface area contributed by atoms with Crippen LogP contribution in [0.25, 0.3) is 22.2 Å². The maximum absolute atomic E-state index is 10.9. The van der Waals surface area contributed by atoms with E-state index in [1.807, 2.05) is 35.7 Å². The predicted octanol–water partition coefficient (Wildman–Crippen LogP) is 3.78. The molecule has 3 rings (SSSR count). The molecule has 3 heteroatoms. The van der Waals surface area contributed by atoms with Gasteiger partial charge in [-0.1, -0.05) is 12.1 Å². The van der Waals surface area contributed by atoms with Crippen LogP contribution in [0.3, 0.4) is 0 Å². The van der Waals surface area contributed by atoms with Gasteiger partial charge in [0, 0.05) is 21.9 Å². The summed E-state index contributed by atoms with van der Waals surface area (Å²) in [6, 6.07) is 11.6. The van der Waals surface area contributed by atoms with Crippen LogP contribution in [0.1, 0.15) is 10.4 Å². The number of benzene rings is 1. The topological polar surface area (TPSA) is 30.0 Å². The van der Waals surface area contributed by atoms with Crippen molar-refractivity contribution in [2.24, 2.45) is 0 Å². The van der Waals surface area contributed by atoms with Crippen LogP contribution in [0.15, 0.2) is 47.2 Å². The molecule has 0 aliphatic carbocycles. The van der Waals surface area contributed by atoms with Gasteiger partial charge in [0.2, 0.25) is 0 Å². The van der Waals surface area contributed by atoms with Crippen molar-refractivity contribution in [2.45, 2.75) is 0 Å². The molecule has 2 aromatic heterocycles. The molecule has 2 heterocycles. The Morgan fingerprint density at radius 3 is 2.82 bits per heavy atom. The van der Waals surface area contributed by atoms with E-state index in [4.69, 9.17) is 0 Å². The molecule has 0 saturated carbocycles. The normalized spacial score (nSPS) is 10.6. The number of hydrogen-bond donors (Lipinski definition) is 0. The highest BCUT2D eigenvalue weighted by atomic mass is 32.1. The quantitative estimate of drug-likeness (QED) is 0.637. The van der Waals surface area contributed by atoms with Crippen molar-refractivity contribution in [3.05, 3.63) is 52.7 Å². The van der Waals surface area contributed by atoms with Crippen molar-refractivity contribution in [1.82, 2.24) is 4.98 Å². The van der Waals surface area contributed by atoms with Gasteiger partial charge in [0.05, 0.1) is 11.2 Å². The zero-order chi connectivity index (χ0) is 11.7. The van der Waals surface area contributed by atoms with Crippen LogP contribution in [0.2, 0.25) is 0 Å². The minimum Gasteiger partial charge on any atom is -0.298 e. The summed E-state index contributed by atoms with van der Waals surface area (Å²) in [6.45, 7) is 0. The zero-order valence-electron chi connectivity index (χ0n) is 8.96. The van der Waals surface area contributed by atoms with Gasteiger partial charge in [-0.05, 0) is 29.6 Å². The molecule has 0 bridgehead atoms. The van der Waals surface area contributed by atoms with Gasteiger partial charge in [0.1, 0.15) is 0 Å². The van der Waals surface area contributed by atoms with Crippen LogP contribution >= 0.6 is 11.3 Å². The van der Waals surface area contributed by atoms with Gasteiger partial charge in [0.25, 0.3) is 0 Å². The average Bonchev–Trinajstić information content (AvgIpc) is 2.91. The van der Waals surface area contributed by atoms with Gasteiger partial charge < -0.3 is 0 Å². The summed E-state index contributed by atoms with van der Waals surface area (Å²) in [6.07, 6.45) is 0.869. The van der Waals surface area contributed by atoms with Crippen molar-refractivity contribution >= 4 is 28.5 Å². The largest absolute Gasteiger partial charge is 0.298 e. The number of nitrogens with zero attached hydrogens (tertiary/aromatic N) is 1. The molecule has 82 valence electrons. The van der Waals surface area contributed by atoms with Crippen molar-refractivity contribution < 1.29 is 4.79 Å². The Bertz CT molecular complexity index is 674. The summed E-state index contributed by atoms with van der Waals surface area (Å²) in [4.78, 5) is 15.5. The highest BCUT2D eigenvalue weighted by molar-refractivity contribution is 7.08. The smallest absolute Gasteiger partial charge is 0.150 e. The molecule has 0 unspecified atom stereocenters. The van der Waals surface area contributed by atoms with E-state index >= 15 is 0 Å². The molecule has 0 amide bonds. The van der Waals surface area contributed by atoms with Gasteiger partial charge in [-0.15, -0.1) is 0 Å². The van der Waals surface area contributed by atoms with Crippen LogP contribution in [-0.4, -0.2) is 11.3 Å². The summed E-state index contributed by atoms with van der Waals surface area (Å²) in [7, 11) is 0. The van der Waals surface area contributed by atoms with Crippen LogP contribution in [-0.2, 0) is 0 Å². The van der Waals surface area contributed by atoms with Crippen molar-refractivity contribution in [3.8, 4) is 11.3 Å². The fourth-order valence-corrected chi connectivity index (χ4v) is 2.50. The lowest BCUT2D eigenvalue weighted by Gasteiger charge is -2.02. The van der Waals surface area contributed by atoms with Gasteiger partial charge in [-0.3, -0.25) is 4.79 Å². The van der Waals surface area contributed by atoms with E-state index in [9.17, 15) is 4.79 Å². The first-order valence-corrected chi connectivity index (χ1v) is 6.20. The Labute approximate surface area is 103 Å². The minimum atomic E-state index is 0.687. The lowest BCUT2D eigenvalue weighted by atomic mass is 10.1. The highest BCUT2D eigenvalue weighted by Crippen LogP contribution is 2.24. The maximum atomic E-state index is 10.9. The van der Waals surface area contributed by atoms with Crippen molar-refractivity contribution in [3.63, 3.8) is 0 Å². The van der Waals surface area contributed by atoms with Gasteiger partial charge >= 0.3 is 0 Å². The molecular formula is C14H9NOS. The molecule has 0 aliphatic rings. The fourth-order valence-electron chi connectivity index (χ4n) is 1.85. The van der Waals surface area contributed by atoms with Crippen molar-refractivity contribution in [2.75, 3.05) is 0 Å². The first kappa shape index (κ1) is 10.2. The summed E-state index contributed by atoms with van der Waals surface area (Å²) in [5.74, 6) is 0. The molecule has 3 aromatic rings. The monoisotopic (exact) mass is 239 g/mol. The number of thiophene rings is 1. The molecule has 0 radical (unpaired) electrons. The number of rotatable bonds is 2. The van der Waals surface area contributed by atoms with E-state index in [2.05, 4.69) is 10.4 Å². The van der Waals surface area contributed by atoms with Gasteiger partial charge in [-0.25, -0.2) is 4.98 Å². The second kappa shape index (κ2) is 4.11. The number of aromatic nitrogens is 1. The van der Waals surface area contributed by atoms with E-state index < -0.39 is 0 Å². The molecule has 0 fully saturated rings. The van der Waals surface area contributed by atoms with Crippen LogP contribution in [0.5, 0.6) is 0 Å². The molecule has 0 saturated heterocycles. The third-order valence-corrected chi connectivity index (χ3v) is 3.39. The maximum Gasteiger partial charge on any atom is 0.150 e. The third kappa shape index (κ3) is 1.74. The Kier molecular flexibility index (Phi) is 2.46. The second-order valence-corrected chi connectivity index (χ2v) is 4.52. The van der Waals surface area contributed by atoms with E-state index in [-0.39, 0.29) is 0 Å². The highest BCUT2D eigenvalue weighted by Gasteiger charge is 2.04. The number of fused-ring (bicyclic) bond motifs is 1. The molecule has 0 aliphatic heterocycles. The summed E-state index contributed by atoms with van der Waals surface area (Å²) in [5.41, 5.74) is 3.61. The van der Waals surface area contributed by atoms with E-state index in [1.54, 1.807) is 17.4 Å². The molecule has 0 N–H and O–H groups in total. The molecule has 2 nitrogen and oxygen atoms in total. The number of aldehydes is 1. The Morgan fingerprint density at radius 1 is 1.12 bits per heavy atom. The van der Waals surface area contributed by atoms with Crippen LogP contribution in [0, 0.1) is 0 Å². The van der Waals surface area contributed by atoms with Crippen LogP contribution < -0.4 is 0 Å². The number of pyridine rings is 1. The number of carbonyl (C=O) groups is 1. The molecule has 0 spiro atoms. The summed E-state index contributed by atoms with van der Waals surface area (Å²) in [5, 5.41) is 5.00. The van der Waals surface area contributed by atoms with Crippen molar-refractivity contribution in [1.29, 1.82) is 0 Å². The summed E-state index contributed by atoms with van der Waals surface area (Å²) < 4.78 is 0. The molecule has 0 atom stereocenters. The first-order valence-electron chi connectivity index (χ1n) is 5.26.